The first-order chi connectivity index (χ1) is 17.1. The molecular formula is C28H24ClFN4O. The van der Waals surface area contributed by atoms with Crippen LogP contribution in [0, 0.1) is 17.1 Å². The Morgan fingerprint density at radius 3 is 2.46 bits per heavy atom. The van der Waals surface area contributed by atoms with Crippen molar-refractivity contribution in [2.75, 3.05) is 23.3 Å². The first-order valence-corrected chi connectivity index (χ1v) is 12.0. The van der Waals surface area contributed by atoms with Crippen molar-refractivity contribution in [1.82, 2.24) is 4.98 Å². The van der Waals surface area contributed by atoms with Gasteiger partial charge in [0, 0.05) is 42.9 Å². The fraction of sp³-hybridized carbons (Fsp3) is 0.214. The highest BCUT2D eigenvalue weighted by molar-refractivity contribution is 6.30. The summed E-state index contributed by atoms with van der Waals surface area (Å²) in [5, 5.41) is 15.2. The number of hydrogen-bond donors (Lipinski definition) is 1. The van der Waals surface area contributed by atoms with Crippen molar-refractivity contribution in [3.8, 4) is 11.8 Å². The third kappa shape index (κ3) is 5.16. The van der Waals surface area contributed by atoms with Crippen molar-refractivity contribution in [2.24, 2.45) is 0 Å². The molecule has 0 radical (unpaired) electrons. The molecule has 0 bridgehead atoms. The predicted molar refractivity (Wildman–Crippen MR) is 137 cm³/mol. The molecule has 7 heteroatoms. The number of nitrogens with one attached hydrogen (secondary N) is 1. The van der Waals surface area contributed by atoms with Crippen LogP contribution in [0.5, 0.6) is 5.75 Å². The van der Waals surface area contributed by atoms with E-state index >= 15 is 0 Å². The van der Waals surface area contributed by atoms with Gasteiger partial charge in [0.15, 0.2) is 0 Å². The average molecular weight is 487 g/mol. The smallest absolute Gasteiger partial charge is 0.147 e. The second-order valence-corrected chi connectivity index (χ2v) is 8.99. The first-order valence-electron chi connectivity index (χ1n) is 11.6. The highest BCUT2D eigenvalue weighted by Gasteiger charge is 2.26. The van der Waals surface area contributed by atoms with Gasteiger partial charge in [-0.05, 0) is 48.0 Å². The van der Waals surface area contributed by atoms with E-state index in [4.69, 9.17) is 21.3 Å². The van der Waals surface area contributed by atoms with E-state index in [2.05, 4.69) is 16.3 Å². The number of rotatable bonds is 6. The van der Waals surface area contributed by atoms with E-state index in [9.17, 15) is 9.65 Å². The lowest BCUT2D eigenvalue weighted by atomic mass is 10.0. The number of nitrogens with zero attached hydrogens (tertiary/aromatic N) is 3. The monoisotopic (exact) mass is 486 g/mol. The fourth-order valence-corrected chi connectivity index (χ4v) is 4.57. The molecule has 1 N–H and O–H groups in total. The van der Waals surface area contributed by atoms with Gasteiger partial charge in [0.1, 0.15) is 35.1 Å². The summed E-state index contributed by atoms with van der Waals surface area (Å²) in [6.07, 6.45) is 1.64. The number of hydrogen-bond acceptors (Lipinski definition) is 5. The molecule has 2 heterocycles. The van der Waals surface area contributed by atoms with Crippen LogP contribution in [0.15, 0.2) is 72.8 Å². The van der Waals surface area contributed by atoms with Crippen LogP contribution in [-0.4, -0.2) is 24.2 Å². The Morgan fingerprint density at radius 1 is 1.03 bits per heavy atom. The Bertz CT molecular complexity index is 1360. The molecule has 0 saturated carbocycles. The van der Waals surface area contributed by atoms with Crippen molar-refractivity contribution >= 4 is 34.0 Å². The van der Waals surface area contributed by atoms with Crippen molar-refractivity contribution in [3.05, 3.63) is 94.8 Å². The molecule has 5 nitrogen and oxygen atoms in total. The molecular weight excluding hydrogens is 463 g/mol. The summed E-state index contributed by atoms with van der Waals surface area (Å²) in [5.74, 6) is 0.965. The van der Waals surface area contributed by atoms with Crippen LogP contribution in [-0.2, 0) is 6.54 Å². The molecule has 0 atom stereocenters. The van der Waals surface area contributed by atoms with E-state index in [0.29, 0.717) is 28.7 Å². The lowest BCUT2D eigenvalue weighted by molar-refractivity contribution is 0.171. The van der Waals surface area contributed by atoms with Crippen molar-refractivity contribution in [2.45, 2.75) is 25.5 Å². The van der Waals surface area contributed by atoms with Crippen LogP contribution in [0.1, 0.15) is 24.0 Å². The number of aromatic nitrogens is 1. The summed E-state index contributed by atoms with van der Waals surface area (Å²) < 4.78 is 19.3. The van der Waals surface area contributed by atoms with Gasteiger partial charge in [0.2, 0.25) is 0 Å². The summed E-state index contributed by atoms with van der Waals surface area (Å²) in [6, 6.07) is 24.0. The van der Waals surface area contributed by atoms with E-state index in [1.165, 1.54) is 12.1 Å². The number of pyridine rings is 1. The predicted octanol–water partition coefficient (Wildman–Crippen LogP) is 6.56. The molecule has 0 aliphatic carbocycles. The van der Waals surface area contributed by atoms with Gasteiger partial charge < -0.3 is 15.0 Å². The normalized spacial score (nSPS) is 14.0. The Morgan fingerprint density at radius 2 is 1.74 bits per heavy atom. The summed E-state index contributed by atoms with van der Waals surface area (Å²) in [4.78, 5) is 7.02. The maximum atomic E-state index is 13.2. The highest BCUT2D eigenvalue weighted by Crippen LogP contribution is 2.36. The van der Waals surface area contributed by atoms with Crippen molar-refractivity contribution in [1.29, 1.82) is 5.26 Å². The second-order valence-electron chi connectivity index (χ2n) is 8.55. The lowest BCUT2D eigenvalue weighted by Crippen LogP contribution is -2.39. The van der Waals surface area contributed by atoms with Crippen LogP contribution in [0.3, 0.4) is 0 Å². The number of fused-ring (bicyclic) bond motifs is 1. The second kappa shape index (κ2) is 10.2. The van der Waals surface area contributed by atoms with Gasteiger partial charge in [0.05, 0.1) is 11.2 Å². The minimum Gasteiger partial charge on any atom is -0.490 e. The molecule has 176 valence electrons. The number of ether oxygens (including phenoxy) is 1. The maximum absolute atomic E-state index is 13.2. The molecule has 1 aromatic heterocycles. The molecule has 1 fully saturated rings. The van der Waals surface area contributed by atoms with Crippen LogP contribution in [0.2, 0.25) is 5.02 Å². The Balaban J connectivity index is 1.39. The largest absolute Gasteiger partial charge is 0.490 e. The van der Waals surface area contributed by atoms with E-state index in [-0.39, 0.29) is 11.9 Å². The molecule has 0 spiro atoms. The maximum Gasteiger partial charge on any atom is 0.147 e. The van der Waals surface area contributed by atoms with Crippen LogP contribution >= 0.6 is 11.6 Å². The number of halogens is 2. The van der Waals surface area contributed by atoms with Crippen LogP contribution in [0.4, 0.5) is 15.9 Å². The number of para-hydroxylation sites is 1. The number of piperidine rings is 1. The van der Waals surface area contributed by atoms with Gasteiger partial charge in [-0.25, -0.2) is 9.37 Å². The Kier molecular flexibility index (Phi) is 6.69. The number of benzene rings is 3. The van der Waals surface area contributed by atoms with Crippen LogP contribution in [0.25, 0.3) is 10.9 Å². The van der Waals surface area contributed by atoms with Crippen molar-refractivity contribution in [3.63, 3.8) is 0 Å². The molecule has 1 saturated heterocycles. The topological polar surface area (TPSA) is 61.2 Å². The standard InChI is InChI=1S/C28H24ClFN4O/c29-20-7-5-19(6-8-20)18-32-28-25(17-31)27(24-3-1-2-4-26(24)33-28)34-15-13-23(14-16-34)35-22-11-9-21(30)10-12-22/h1-12,23H,13-16,18H2,(H,32,33). The van der Waals surface area contributed by atoms with E-state index in [0.717, 1.165) is 48.1 Å². The SMILES string of the molecule is N#Cc1c(NCc2ccc(Cl)cc2)nc2ccccc2c1N1CCC(Oc2ccc(F)cc2)CC1. The third-order valence-electron chi connectivity index (χ3n) is 6.22. The van der Waals surface area contributed by atoms with E-state index in [1.54, 1.807) is 12.1 Å². The van der Waals surface area contributed by atoms with Crippen molar-refractivity contribution < 1.29 is 9.13 Å². The Hall–Kier alpha value is -3.82. The minimum atomic E-state index is -0.277. The van der Waals surface area contributed by atoms with E-state index in [1.807, 2.05) is 48.5 Å². The zero-order valence-electron chi connectivity index (χ0n) is 19.0. The molecule has 5 rings (SSSR count). The molecule has 35 heavy (non-hydrogen) atoms. The summed E-state index contributed by atoms with van der Waals surface area (Å²) >= 11 is 6.01. The molecule has 3 aromatic carbocycles. The number of nitriles is 1. The minimum absolute atomic E-state index is 0.0397. The summed E-state index contributed by atoms with van der Waals surface area (Å²) in [7, 11) is 0. The Labute approximate surface area is 208 Å². The third-order valence-corrected chi connectivity index (χ3v) is 6.48. The van der Waals surface area contributed by atoms with Gasteiger partial charge >= 0.3 is 0 Å². The quantitative estimate of drug-likeness (QED) is 0.334. The highest BCUT2D eigenvalue weighted by atomic mass is 35.5. The van der Waals surface area contributed by atoms with Gasteiger partial charge in [0.25, 0.3) is 0 Å². The molecule has 4 aromatic rings. The number of anilines is 2. The fourth-order valence-electron chi connectivity index (χ4n) is 4.45. The first kappa shape index (κ1) is 22.9. The summed E-state index contributed by atoms with van der Waals surface area (Å²) in [6.45, 7) is 2.01. The van der Waals surface area contributed by atoms with Gasteiger partial charge in [-0.2, -0.15) is 5.26 Å². The molecule has 0 unspecified atom stereocenters. The average Bonchev–Trinajstić information content (AvgIpc) is 2.89. The molecule has 0 amide bonds. The molecule has 1 aliphatic heterocycles. The van der Waals surface area contributed by atoms with Gasteiger partial charge in [-0.3, -0.25) is 0 Å². The van der Waals surface area contributed by atoms with Gasteiger partial charge in [-0.15, -0.1) is 0 Å². The summed E-state index contributed by atoms with van der Waals surface area (Å²) in [5.41, 5.74) is 3.32. The molecule has 1 aliphatic rings. The zero-order valence-corrected chi connectivity index (χ0v) is 19.8. The lowest BCUT2D eigenvalue weighted by Gasteiger charge is -2.35. The zero-order chi connectivity index (χ0) is 24.2. The van der Waals surface area contributed by atoms with Crippen LogP contribution < -0.4 is 15.0 Å². The van der Waals surface area contributed by atoms with E-state index < -0.39 is 0 Å². The van der Waals surface area contributed by atoms with Gasteiger partial charge in [-0.1, -0.05) is 41.9 Å².